The highest BCUT2D eigenvalue weighted by Crippen LogP contribution is 2.39. The fourth-order valence-corrected chi connectivity index (χ4v) is 3.56. The van der Waals surface area contributed by atoms with E-state index in [2.05, 4.69) is 73.6 Å². The van der Waals surface area contributed by atoms with Gasteiger partial charge in [-0.15, -0.1) is 0 Å². The molecular formula is C28H27N. The second-order valence-corrected chi connectivity index (χ2v) is 6.87. The maximum atomic E-state index is 4.41. The monoisotopic (exact) mass is 377 g/mol. The van der Waals surface area contributed by atoms with Gasteiger partial charge in [-0.3, -0.25) is 0 Å². The molecule has 3 aromatic carbocycles. The van der Waals surface area contributed by atoms with Crippen LogP contribution >= 0.6 is 0 Å². The minimum Gasteiger partial charge on any atom is -0.388 e. The largest absolute Gasteiger partial charge is 0.388 e. The van der Waals surface area contributed by atoms with Crippen molar-refractivity contribution in [2.45, 2.75) is 6.92 Å². The highest BCUT2D eigenvalue weighted by molar-refractivity contribution is 6.08. The standard InChI is InChI=1S/C28H27N/c1-6-13-20(2)23-14-7-9-17-26(23)27-18-10-8-15-24(27)21(3)22(4)25-16-11-12-19-28(25)29-5/h6-19,29H,2-4H2,1,5H3/b13-6-. The van der Waals surface area contributed by atoms with E-state index in [-0.39, 0.29) is 0 Å². The van der Waals surface area contributed by atoms with Crippen molar-refractivity contribution >= 4 is 22.4 Å². The van der Waals surface area contributed by atoms with Crippen LogP contribution in [0, 0.1) is 0 Å². The molecule has 0 heterocycles. The van der Waals surface area contributed by atoms with E-state index in [0.717, 1.165) is 50.2 Å². The van der Waals surface area contributed by atoms with E-state index in [4.69, 9.17) is 0 Å². The molecule has 1 heteroatoms. The predicted molar refractivity (Wildman–Crippen MR) is 130 cm³/mol. The van der Waals surface area contributed by atoms with Crippen LogP contribution in [0.1, 0.15) is 23.6 Å². The van der Waals surface area contributed by atoms with Crippen molar-refractivity contribution in [3.63, 3.8) is 0 Å². The molecule has 0 saturated heterocycles. The van der Waals surface area contributed by atoms with Crippen molar-refractivity contribution in [2.24, 2.45) is 0 Å². The van der Waals surface area contributed by atoms with Gasteiger partial charge in [-0.2, -0.15) is 0 Å². The number of benzene rings is 3. The molecule has 3 aromatic rings. The summed E-state index contributed by atoms with van der Waals surface area (Å²) in [6, 6.07) is 24.9. The summed E-state index contributed by atoms with van der Waals surface area (Å²) in [5, 5.41) is 3.25. The Balaban J connectivity index is 2.11. The normalized spacial score (nSPS) is 10.7. The van der Waals surface area contributed by atoms with Crippen LogP contribution in [-0.2, 0) is 0 Å². The first kappa shape index (κ1) is 20.2. The Kier molecular flexibility index (Phi) is 6.31. The second kappa shape index (κ2) is 9.07. The molecule has 29 heavy (non-hydrogen) atoms. The molecule has 0 amide bonds. The number of anilines is 1. The fourth-order valence-electron chi connectivity index (χ4n) is 3.56. The number of para-hydroxylation sites is 1. The van der Waals surface area contributed by atoms with Gasteiger partial charge in [0.1, 0.15) is 0 Å². The van der Waals surface area contributed by atoms with Crippen LogP contribution in [-0.4, -0.2) is 7.05 Å². The molecule has 0 unspecified atom stereocenters. The average molecular weight is 378 g/mol. The summed E-state index contributed by atoms with van der Waals surface area (Å²) in [5.41, 5.74) is 9.37. The molecule has 0 aliphatic heterocycles. The van der Waals surface area contributed by atoms with Gasteiger partial charge in [0.25, 0.3) is 0 Å². The Morgan fingerprint density at radius 2 is 1.17 bits per heavy atom. The zero-order valence-electron chi connectivity index (χ0n) is 17.2. The molecule has 0 bridgehead atoms. The van der Waals surface area contributed by atoms with Crippen LogP contribution < -0.4 is 5.32 Å². The van der Waals surface area contributed by atoms with Gasteiger partial charge in [0.2, 0.25) is 0 Å². The molecule has 0 aromatic heterocycles. The number of allylic oxidation sites excluding steroid dienone is 5. The Hall–Kier alpha value is -3.58. The molecule has 0 saturated carbocycles. The van der Waals surface area contributed by atoms with Crippen molar-refractivity contribution < 1.29 is 0 Å². The van der Waals surface area contributed by atoms with E-state index >= 15 is 0 Å². The van der Waals surface area contributed by atoms with E-state index in [1.807, 2.05) is 50.4 Å². The second-order valence-electron chi connectivity index (χ2n) is 6.87. The van der Waals surface area contributed by atoms with Gasteiger partial charge >= 0.3 is 0 Å². The first-order chi connectivity index (χ1) is 14.1. The molecule has 0 fully saturated rings. The summed E-state index contributed by atoms with van der Waals surface area (Å²) in [4.78, 5) is 0. The average Bonchev–Trinajstić information content (AvgIpc) is 2.78. The Morgan fingerprint density at radius 3 is 1.79 bits per heavy atom. The Morgan fingerprint density at radius 1 is 0.690 bits per heavy atom. The van der Waals surface area contributed by atoms with Crippen LogP contribution in [0.15, 0.2) is 105 Å². The number of rotatable bonds is 7. The summed E-state index contributed by atoms with van der Waals surface area (Å²) < 4.78 is 0. The lowest BCUT2D eigenvalue weighted by Crippen LogP contribution is -1.97. The zero-order valence-corrected chi connectivity index (χ0v) is 17.2. The number of nitrogens with one attached hydrogen (secondary N) is 1. The van der Waals surface area contributed by atoms with Gasteiger partial charge in [0, 0.05) is 18.3 Å². The van der Waals surface area contributed by atoms with Crippen LogP contribution in [0.25, 0.3) is 27.8 Å². The van der Waals surface area contributed by atoms with Crippen molar-refractivity contribution in [1.29, 1.82) is 0 Å². The van der Waals surface area contributed by atoms with Crippen molar-refractivity contribution in [2.75, 3.05) is 12.4 Å². The van der Waals surface area contributed by atoms with Gasteiger partial charge in [-0.05, 0) is 52.0 Å². The number of hydrogen-bond donors (Lipinski definition) is 1. The minimum absolute atomic E-state index is 0.909. The van der Waals surface area contributed by atoms with E-state index in [1.54, 1.807) is 0 Å². The molecule has 3 rings (SSSR count). The summed E-state index contributed by atoms with van der Waals surface area (Å²) in [6.07, 6.45) is 4.05. The lowest BCUT2D eigenvalue weighted by Gasteiger charge is -2.18. The lowest BCUT2D eigenvalue weighted by molar-refractivity contribution is 1.48. The summed E-state index contributed by atoms with van der Waals surface area (Å²) >= 11 is 0. The third kappa shape index (κ3) is 4.14. The highest BCUT2D eigenvalue weighted by atomic mass is 14.8. The third-order valence-electron chi connectivity index (χ3n) is 5.07. The smallest absolute Gasteiger partial charge is 0.0417 e. The quantitative estimate of drug-likeness (QED) is 0.416. The van der Waals surface area contributed by atoms with Crippen molar-refractivity contribution in [3.8, 4) is 11.1 Å². The molecule has 0 aliphatic rings. The van der Waals surface area contributed by atoms with Gasteiger partial charge in [-0.25, -0.2) is 0 Å². The molecule has 0 spiro atoms. The first-order valence-corrected chi connectivity index (χ1v) is 9.74. The van der Waals surface area contributed by atoms with Gasteiger partial charge in [-0.1, -0.05) is 98.6 Å². The van der Waals surface area contributed by atoms with Crippen LogP contribution in [0.3, 0.4) is 0 Å². The molecule has 1 nitrogen and oxygen atoms in total. The van der Waals surface area contributed by atoms with E-state index in [1.165, 1.54) is 0 Å². The summed E-state index contributed by atoms with van der Waals surface area (Å²) in [7, 11) is 1.92. The fraction of sp³-hybridized carbons (Fsp3) is 0.0714. The van der Waals surface area contributed by atoms with Gasteiger partial charge in [0.15, 0.2) is 0 Å². The topological polar surface area (TPSA) is 12.0 Å². The summed E-state index contributed by atoms with van der Waals surface area (Å²) in [5.74, 6) is 0. The minimum atomic E-state index is 0.909. The number of hydrogen-bond acceptors (Lipinski definition) is 1. The Bertz CT molecular complexity index is 1100. The van der Waals surface area contributed by atoms with Gasteiger partial charge in [0.05, 0.1) is 0 Å². The molecule has 144 valence electrons. The molecule has 0 atom stereocenters. The van der Waals surface area contributed by atoms with Crippen LogP contribution in [0.5, 0.6) is 0 Å². The van der Waals surface area contributed by atoms with E-state index < -0.39 is 0 Å². The SMILES string of the molecule is C=C(C(=C)c1ccccc1-c1ccccc1C(=C)/C=C\C)c1ccccc1NC. The zero-order chi connectivity index (χ0) is 20.8. The van der Waals surface area contributed by atoms with E-state index in [0.29, 0.717) is 0 Å². The molecular weight excluding hydrogens is 350 g/mol. The van der Waals surface area contributed by atoms with Crippen LogP contribution in [0.2, 0.25) is 0 Å². The molecule has 0 aliphatic carbocycles. The van der Waals surface area contributed by atoms with E-state index in [9.17, 15) is 0 Å². The van der Waals surface area contributed by atoms with Crippen molar-refractivity contribution in [3.05, 3.63) is 121 Å². The Labute approximate surface area is 174 Å². The third-order valence-corrected chi connectivity index (χ3v) is 5.07. The summed E-state index contributed by atoms with van der Waals surface area (Å²) in [6.45, 7) is 15.0. The maximum absolute atomic E-state index is 4.41. The first-order valence-electron chi connectivity index (χ1n) is 9.74. The van der Waals surface area contributed by atoms with Gasteiger partial charge < -0.3 is 5.32 Å². The molecule has 1 N–H and O–H groups in total. The maximum Gasteiger partial charge on any atom is 0.0417 e. The van der Waals surface area contributed by atoms with Crippen LogP contribution in [0.4, 0.5) is 5.69 Å². The highest BCUT2D eigenvalue weighted by Gasteiger charge is 2.15. The predicted octanol–water partition coefficient (Wildman–Crippen LogP) is 7.71. The molecule has 0 radical (unpaired) electrons. The van der Waals surface area contributed by atoms with Crippen molar-refractivity contribution in [1.82, 2.24) is 0 Å². The lowest BCUT2D eigenvalue weighted by atomic mass is 9.86.